The Morgan fingerprint density at radius 1 is 0.917 bits per heavy atom. The molecule has 0 aliphatic heterocycles. The molecule has 0 unspecified atom stereocenters. The van der Waals surface area contributed by atoms with Gasteiger partial charge in [0.15, 0.2) is 0 Å². The standard InChI is InChI=1S/C17H20Cl3NO2S/c1-21(17-7-10-2-11(8-17)4-12(3-10)9-17)24(22,23)16-6-14(19)13(18)5-15(16)20/h5-6,10-12H,2-4,7-9H2,1H3. The van der Waals surface area contributed by atoms with Crippen LogP contribution >= 0.6 is 34.8 Å². The Hall–Kier alpha value is -0.000000000000000111. The molecule has 0 amide bonds. The van der Waals surface area contributed by atoms with Crippen LogP contribution in [0.4, 0.5) is 0 Å². The van der Waals surface area contributed by atoms with Crippen molar-refractivity contribution in [2.45, 2.75) is 49.0 Å². The van der Waals surface area contributed by atoms with Crippen molar-refractivity contribution in [1.82, 2.24) is 4.31 Å². The van der Waals surface area contributed by atoms with Crippen LogP contribution in [0.25, 0.3) is 0 Å². The predicted molar refractivity (Wildman–Crippen MR) is 97.3 cm³/mol. The fourth-order valence-corrected chi connectivity index (χ4v) is 8.06. The maximum atomic E-state index is 13.3. The summed E-state index contributed by atoms with van der Waals surface area (Å²) in [4.78, 5) is 0.0526. The summed E-state index contributed by atoms with van der Waals surface area (Å²) in [6.45, 7) is 0. The molecule has 7 heteroatoms. The van der Waals surface area contributed by atoms with Gasteiger partial charge in [-0.15, -0.1) is 0 Å². The van der Waals surface area contributed by atoms with Gasteiger partial charge in [-0.1, -0.05) is 34.8 Å². The van der Waals surface area contributed by atoms with Crippen molar-refractivity contribution >= 4 is 44.8 Å². The van der Waals surface area contributed by atoms with Gasteiger partial charge >= 0.3 is 0 Å². The SMILES string of the molecule is CN(C12CC3CC(CC(C3)C1)C2)S(=O)(=O)c1cc(Cl)c(Cl)cc1Cl. The summed E-state index contributed by atoms with van der Waals surface area (Å²) in [6.07, 6.45) is 6.69. The minimum atomic E-state index is -3.71. The van der Waals surface area contributed by atoms with E-state index >= 15 is 0 Å². The van der Waals surface area contributed by atoms with E-state index in [-0.39, 0.29) is 25.5 Å². The molecule has 4 saturated carbocycles. The fourth-order valence-electron chi connectivity index (χ4n) is 5.56. The summed E-state index contributed by atoms with van der Waals surface area (Å²) in [5.74, 6) is 1.99. The van der Waals surface area contributed by atoms with Crippen molar-refractivity contribution in [1.29, 1.82) is 0 Å². The van der Waals surface area contributed by atoms with Crippen LogP contribution in [0.1, 0.15) is 38.5 Å². The van der Waals surface area contributed by atoms with Gasteiger partial charge in [0, 0.05) is 12.6 Å². The van der Waals surface area contributed by atoms with Gasteiger partial charge in [-0.3, -0.25) is 0 Å². The molecule has 0 heterocycles. The predicted octanol–water partition coefficient (Wildman–Crippen LogP) is 5.24. The van der Waals surface area contributed by atoms with E-state index in [9.17, 15) is 8.42 Å². The number of hydrogen-bond acceptors (Lipinski definition) is 2. The maximum Gasteiger partial charge on any atom is 0.244 e. The van der Waals surface area contributed by atoms with Crippen molar-refractivity contribution in [3.8, 4) is 0 Å². The zero-order valence-electron chi connectivity index (χ0n) is 13.4. The Labute approximate surface area is 158 Å². The molecule has 0 N–H and O–H groups in total. The summed E-state index contributed by atoms with van der Waals surface area (Å²) in [5, 5.41) is 0.595. The molecular formula is C17H20Cl3NO2S. The molecule has 0 spiro atoms. The first-order valence-corrected chi connectivity index (χ1v) is 10.9. The highest BCUT2D eigenvalue weighted by Gasteiger charge is 2.55. The zero-order valence-corrected chi connectivity index (χ0v) is 16.5. The van der Waals surface area contributed by atoms with E-state index in [1.165, 1.54) is 31.4 Å². The average molecular weight is 409 g/mol. The van der Waals surface area contributed by atoms with Crippen LogP contribution in [-0.4, -0.2) is 25.3 Å². The first kappa shape index (κ1) is 17.4. The van der Waals surface area contributed by atoms with Crippen LogP contribution in [-0.2, 0) is 10.0 Å². The van der Waals surface area contributed by atoms with Gasteiger partial charge < -0.3 is 0 Å². The summed E-state index contributed by atoms with van der Waals surface area (Å²) >= 11 is 18.2. The molecule has 1 aromatic carbocycles. The molecule has 1 aromatic rings. The van der Waals surface area contributed by atoms with Gasteiger partial charge in [0.25, 0.3) is 0 Å². The Morgan fingerprint density at radius 3 is 1.88 bits per heavy atom. The third-order valence-corrected chi connectivity index (χ3v) is 9.44. The van der Waals surface area contributed by atoms with E-state index < -0.39 is 10.0 Å². The van der Waals surface area contributed by atoms with Crippen molar-refractivity contribution in [3.05, 3.63) is 27.2 Å². The highest BCUT2D eigenvalue weighted by molar-refractivity contribution is 7.89. The highest BCUT2D eigenvalue weighted by atomic mass is 35.5. The van der Waals surface area contributed by atoms with Gasteiger partial charge in [-0.2, -0.15) is 4.31 Å². The van der Waals surface area contributed by atoms with E-state index in [1.807, 2.05) is 0 Å². The molecule has 24 heavy (non-hydrogen) atoms. The van der Waals surface area contributed by atoms with Crippen molar-refractivity contribution < 1.29 is 8.42 Å². The van der Waals surface area contributed by atoms with Crippen molar-refractivity contribution in [3.63, 3.8) is 0 Å². The Balaban J connectivity index is 1.74. The molecule has 0 radical (unpaired) electrons. The number of benzene rings is 1. The van der Waals surface area contributed by atoms with Crippen LogP contribution in [0.15, 0.2) is 17.0 Å². The number of hydrogen-bond donors (Lipinski definition) is 0. The largest absolute Gasteiger partial charge is 0.244 e. The van der Waals surface area contributed by atoms with Gasteiger partial charge in [0.05, 0.1) is 15.1 Å². The van der Waals surface area contributed by atoms with Crippen LogP contribution in [0.2, 0.25) is 15.1 Å². The Bertz CT molecular complexity index is 758. The van der Waals surface area contributed by atoms with Crippen LogP contribution in [0.3, 0.4) is 0 Å². The summed E-state index contributed by atoms with van der Waals surface area (Å²) in [6, 6.07) is 2.78. The van der Waals surface area contributed by atoms with Crippen molar-refractivity contribution in [2.75, 3.05) is 7.05 Å². The minimum Gasteiger partial charge on any atom is -0.207 e. The highest BCUT2D eigenvalue weighted by Crippen LogP contribution is 2.58. The molecule has 132 valence electrons. The molecule has 0 saturated heterocycles. The second-order valence-electron chi connectivity index (χ2n) is 7.81. The van der Waals surface area contributed by atoms with Gasteiger partial charge in [0.2, 0.25) is 10.0 Å². The van der Waals surface area contributed by atoms with E-state index in [4.69, 9.17) is 34.8 Å². The van der Waals surface area contributed by atoms with Crippen molar-refractivity contribution in [2.24, 2.45) is 17.8 Å². The molecule has 0 aromatic heterocycles. The minimum absolute atomic E-state index is 0.0526. The van der Waals surface area contributed by atoms with Crippen LogP contribution in [0.5, 0.6) is 0 Å². The number of halogens is 3. The fraction of sp³-hybridized carbons (Fsp3) is 0.647. The third-order valence-electron chi connectivity index (χ3n) is 6.29. The lowest BCUT2D eigenvalue weighted by molar-refractivity contribution is -0.0495. The Kier molecular flexibility index (Phi) is 4.17. The molecular weight excluding hydrogens is 389 g/mol. The summed E-state index contributed by atoms with van der Waals surface area (Å²) in [7, 11) is -2.00. The quantitative estimate of drug-likeness (QED) is 0.642. The molecule has 4 bridgehead atoms. The second kappa shape index (κ2) is 5.75. The molecule has 4 aliphatic carbocycles. The van der Waals surface area contributed by atoms with E-state index in [0.717, 1.165) is 19.3 Å². The Morgan fingerprint density at radius 2 is 1.38 bits per heavy atom. The topological polar surface area (TPSA) is 37.4 Å². The second-order valence-corrected chi connectivity index (χ2v) is 11.0. The third kappa shape index (κ3) is 2.61. The first-order chi connectivity index (χ1) is 11.2. The number of sulfonamides is 1. The van der Waals surface area contributed by atoms with Gasteiger partial charge in [-0.25, -0.2) is 8.42 Å². The summed E-state index contributed by atoms with van der Waals surface area (Å²) < 4.78 is 28.1. The lowest BCUT2D eigenvalue weighted by Crippen LogP contribution is -2.60. The molecule has 5 rings (SSSR count). The summed E-state index contributed by atoms with van der Waals surface area (Å²) in [5.41, 5.74) is -0.261. The van der Waals surface area contributed by atoms with Gasteiger partial charge in [0.1, 0.15) is 4.90 Å². The van der Waals surface area contributed by atoms with E-state index in [0.29, 0.717) is 17.8 Å². The molecule has 0 atom stereocenters. The monoisotopic (exact) mass is 407 g/mol. The van der Waals surface area contributed by atoms with E-state index in [2.05, 4.69) is 0 Å². The molecule has 4 fully saturated rings. The normalized spacial score (nSPS) is 35.0. The lowest BCUT2D eigenvalue weighted by Gasteiger charge is -2.59. The van der Waals surface area contributed by atoms with Gasteiger partial charge in [-0.05, 0) is 68.4 Å². The number of nitrogens with zero attached hydrogens (tertiary/aromatic N) is 1. The van der Waals surface area contributed by atoms with E-state index in [1.54, 1.807) is 11.4 Å². The number of rotatable bonds is 3. The first-order valence-electron chi connectivity index (χ1n) is 8.35. The van der Waals surface area contributed by atoms with Crippen LogP contribution in [0, 0.1) is 17.8 Å². The molecule has 3 nitrogen and oxygen atoms in total. The smallest absolute Gasteiger partial charge is 0.207 e. The maximum absolute atomic E-state index is 13.3. The molecule has 4 aliphatic rings. The van der Waals surface area contributed by atoms with Crippen LogP contribution < -0.4 is 0 Å². The lowest BCUT2D eigenvalue weighted by atomic mass is 9.53. The average Bonchev–Trinajstić information content (AvgIpc) is 2.48. The zero-order chi connectivity index (χ0) is 17.3.